The Balaban J connectivity index is 1.42. The molecule has 2 aromatic rings. The van der Waals surface area contributed by atoms with E-state index in [0.29, 0.717) is 5.56 Å². The minimum absolute atomic E-state index is 0.0973. The van der Waals surface area contributed by atoms with Crippen molar-refractivity contribution in [2.45, 2.75) is 38.0 Å². The maximum absolute atomic E-state index is 12.7. The number of esters is 1. The molecule has 33 heavy (non-hydrogen) atoms. The molecule has 0 saturated carbocycles. The number of nitrogens with zero attached hydrogens (tertiary/aromatic N) is 1. The van der Waals surface area contributed by atoms with Gasteiger partial charge in [0.05, 0.1) is 19.8 Å². The number of carbonyl (C=O) groups is 3. The molecule has 1 aliphatic carbocycles. The molecule has 1 heterocycles. The van der Waals surface area contributed by atoms with E-state index in [1.165, 1.54) is 5.56 Å². The number of ether oxygens (including phenoxy) is 2. The van der Waals surface area contributed by atoms with Crippen molar-refractivity contribution in [3.8, 4) is 11.1 Å². The second-order valence-electron chi connectivity index (χ2n) is 8.13. The van der Waals surface area contributed by atoms with Crippen molar-refractivity contribution >= 4 is 17.8 Å². The Kier molecular flexibility index (Phi) is 6.42. The van der Waals surface area contributed by atoms with Crippen LogP contribution in [0.25, 0.3) is 11.1 Å². The highest BCUT2D eigenvalue weighted by molar-refractivity contribution is 5.98. The fraction of sp³-hybridized carbons (Fsp3) is 0.375. The fourth-order valence-corrected chi connectivity index (χ4v) is 4.63. The maximum Gasteiger partial charge on any atom is 0.345 e. The monoisotopic (exact) mass is 458 g/mol. The van der Waals surface area contributed by atoms with Gasteiger partial charge in [0, 0.05) is 24.4 Å². The van der Waals surface area contributed by atoms with Crippen LogP contribution in [0.15, 0.2) is 42.5 Å². The molecule has 0 aromatic heterocycles. The molecular weight excluding hydrogens is 434 g/mol. The third kappa shape index (κ3) is 4.45. The number of methoxy groups -OCH3 is 1. The van der Waals surface area contributed by atoms with E-state index in [4.69, 9.17) is 0 Å². The molecule has 174 valence electrons. The van der Waals surface area contributed by atoms with Crippen LogP contribution in [0.4, 0.5) is 8.78 Å². The molecule has 2 aliphatic rings. The third-order valence-corrected chi connectivity index (χ3v) is 6.25. The summed E-state index contributed by atoms with van der Waals surface area (Å²) in [5.41, 5.74) is 4.86. The number of hydrogen-bond acceptors (Lipinski definition) is 5. The second-order valence-corrected chi connectivity index (χ2v) is 8.13. The number of alkyl halides is 2. The number of fused-ring (bicyclic) bond motifs is 3. The summed E-state index contributed by atoms with van der Waals surface area (Å²) in [5.74, 6) is -1.60. The van der Waals surface area contributed by atoms with Gasteiger partial charge in [-0.2, -0.15) is 8.78 Å². The molecule has 1 N–H and O–H groups in total. The van der Waals surface area contributed by atoms with Crippen molar-refractivity contribution in [2.75, 3.05) is 20.2 Å². The lowest BCUT2D eigenvalue weighted by Gasteiger charge is -2.22. The lowest BCUT2D eigenvalue weighted by molar-refractivity contribution is -0.160. The van der Waals surface area contributed by atoms with Crippen LogP contribution in [0.5, 0.6) is 0 Å². The van der Waals surface area contributed by atoms with Gasteiger partial charge in [-0.25, -0.2) is 4.79 Å². The SMILES string of the molecule is COC(=O)[C@@H]1C[C@@H](OC(F)F)CN1C(=O)CNC(=O)c1ccc2c(c1)C(C)c1ccccc1-2. The minimum Gasteiger partial charge on any atom is -0.467 e. The molecule has 4 rings (SSSR count). The number of halogens is 2. The number of carbonyl (C=O) groups excluding carboxylic acids is 3. The zero-order chi connectivity index (χ0) is 23.7. The fourth-order valence-electron chi connectivity index (χ4n) is 4.63. The van der Waals surface area contributed by atoms with Gasteiger partial charge in [-0.3, -0.25) is 9.59 Å². The Morgan fingerprint density at radius 1 is 1.12 bits per heavy atom. The standard InChI is InChI=1S/C24H24F2N2O5/c1-13-16-5-3-4-6-17(16)18-8-7-14(9-19(13)18)22(30)27-11-21(29)28-12-15(33-24(25)26)10-20(28)23(31)32-2/h3-9,13,15,20,24H,10-12H2,1-2H3,(H,27,30)/t13?,15-,20+/m1/s1. The summed E-state index contributed by atoms with van der Waals surface area (Å²) in [6, 6.07) is 12.5. The summed E-state index contributed by atoms with van der Waals surface area (Å²) in [6.45, 7) is -1.52. The van der Waals surface area contributed by atoms with E-state index in [2.05, 4.69) is 33.8 Å². The van der Waals surface area contributed by atoms with Crippen molar-refractivity contribution in [1.82, 2.24) is 10.2 Å². The van der Waals surface area contributed by atoms with Gasteiger partial charge in [-0.15, -0.1) is 0 Å². The zero-order valence-corrected chi connectivity index (χ0v) is 18.2. The first kappa shape index (κ1) is 22.8. The minimum atomic E-state index is -3.02. The Labute approximate surface area is 189 Å². The van der Waals surface area contributed by atoms with E-state index < -0.39 is 36.5 Å². The van der Waals surface area contributed by atoms with Gasteiger partial charge in [0.25, 0.3) is 5.91 Å². The molecule has 0 bridgehead atoms. The van der Waals surface area contributed by atoms with Gasteiger partial charge in [0.2, 0.25) is 5.91 Å². The summed E-state index contributed by atoms with van der Waals surface area (Å²) in [4.78, 5) is 38.5. The number of likely N-dealkylation sites (tertiary alicyclic amines) is 1. The maximum atomic E-state index is 12.7. The van der Waals surface area contributed by atoms with Crippen LogP contribution < -0.4 is 5.32 Å². The highest BCUT2D eigenvalue weighted by Gasteiger charge is 2.41. The highest BCUT2D eigenvalue weighted by Crippen LogP contribution is 2.44. The number of rotatable bonds is 6. The quantitative estimate of drug-likeness (QED) is 0.673. The van der Waals surface area contributed by atoms with Crippen molar-refractivity contribution in [2.24, 2.45) is 0 Å². The number of nitrogens with one attached hydrogen (secondary N) is 1. The van der Waals surface area contributed by atoms with Crippen LogP contribution >= 0.6 is 0 Å². The average molecular weight is 458 g/mol. The molecular formula is C24H24F2N2O5. The van der Waals surface area contributed by atoms with E-state index in [9.17, 15) is 23.2 Å². The largest absolute Gasteiger partial charge is 0.467 e. The summed E-state index contributed by atoms with van der Waals surface area (Å²) in [7, 11) is 1.15. The van der Waals surface area contributed by atoms with Crippen molar-refractivity contribution in [3.63, 3.8) is 0 Å². The predicted octanol–water partition coefficient (Wildman–Crippen LogP) is 2.93. The van der Waals surface area contributed by atoms with Gasteiger partial charge in [0.1, 0.15) is 6.04 Å². The third-order valence-electron chi connectivity index (χ3n) is 6.25. The lowest BCUT2D eigenvalue weighted by atomic mass is 9.97. The summed E-state index contributed by atoms with van der Waals surface area (Å²) < 4.78 is 34.3. The Hall–Kier alpha value is -3.33. The first-order chi connectivity index (χ1) is 15.8. The van der Waals surface area contributed by atoms with E-state index in [0.717, 1.165) is 28.7 Å². The normalized spacial score (nSPS) is 21.0. The molecule has 1 fully saturated rings. The molecule has 1 saturated heterocycles. The van der Waals surface area contributed by atoms with E-state index in [1.807, 2.05) is 24.3 Å². The summed E-state index contributed by atoms with van der Waals surface area (Å²) in [6.07, 6.45) is -1.09. The number of hydrogen-bond donors (Lipinski definition) is 1. The molecule has 2 amide bonds. The van der Waals surface area contributed by atoms with Gasteiger partial charge >= 0.3 is 12.6 Å². The van der Waals surface area contributed by atoms with Gasteiger partial charge in [-0.05, 0) is 34.4 Å². The zero-order valence-electron chi connectivity index (χ0n) is 18.2. The van der Waals surface area contributed by atoms with Crippen LogP contribution in [-0.2, 0) is 19.1 Å². The van der Waals surface area contributed by atoms with E-state index in [1.54, 1.807) is 6.07 Å². The van der Waals surface area contributed by atoms with Crippen LogP contribution in [0.2, 0.25) is 0 Å². The van der Waals surface area contributed by atoms with Crippen molar-refractivity contribution in [3.05, 3.63) is 59.2 Å². The molecule has 1 unspecified atom stereocenters. The molecule has 1 aliphatic heterocycles. The van der Waals surface area contributed by atoms with Crippen molar-refractivity contribution < 1.29 is 32.6 Å². The first-order valence-electron chi connectivity index (χ1n) is 10.6. The second kappa shape index (κ2) is 9.27. The summed E-state index contributed by atoms with van der Waals surface area (Å²) in [5, 5.41) is 2.56. The molecule has 3 atom stereocenters. The number of benzene rings is 2. The van der Waals surface area contributed by atoms with Gasteiger partial charge in [-0.1, -0.05) is 37.3 Å². The van der Waals surface area contributed by atoms with Gasteiger partial charge < -0.3 is 19.7 Å². The lowest BCUT2D eigenvalue weighted by Crippen LogP contribution is -2.46. The van der Waals surface area contributed by atoms with Crippen LogP contribution in [-0.4, -0.2) is 61.6 Å². The smallest absolute Gasteiger partial charge is 0.345 e. The van der Waals surface area contributed by atoms with Crippen LogP contribution in [0.1, 0.15) is 40.7 Å². The Morgan fingerprint density at radius 2 is 1.85 bits per heavy atom. The molecule has 2 aromatic carbocycles. The number of amides is 2. The Morgan fingerprint density at radius 3 is 2.58 bits per heavy atom. The predicted molar refractivity (Wildman–Crippen MR) is 115 cm³/mol. The van der Waals surface area contributed by atoms with Crippen LogP contribution in [0.3, 0.4) is 0 Å². The van der Waals surface area contributed by atoms with Crippen LogP contribution in [0, 0.1) is 0 Å². The summed E-state index contributed by atoms with van der Waals surface area (Å²) >= 11 is 0. The molecule has 0 radical (unpaired) electrons. The van der Waals surface area contributed by atoms with E-state index in [-0.39, 0.29) is 25.4 Å². The topological polar surface area (TPSA) is 84.9 Å². The average Bonchev–Trinajstić information content (AvgIpc) is 3.35. The molecule has 7 nitrogen and oxygen atoms in total. The van der Waals surface area contributed by atoms with E-state index >= 15 is 0 Å². The Bertz CT molecular complexity index is 1090. The molecule has 0 spiro atoms. The van der Waals surface area contributed by atoms with Gasteiger partial charge in [0.15, 0.2) is 0 Å². The molecule has 9 heteroatoms. The highest BCUT2D eigenvalue weighted by atomic mass is 19.3. The van der Waals surface area contributed by atoms with Crippen molar-refractivity contribution in [1.29, 1.82) is 0 Å². The first-order valence-corrected chi connectivity index (χ1v) is 10.6.